The van der Waals surface area contributed by atoms with Crippen LogP contribution in [0.1, 0.15) is 78.6 Å². The maximum absolute atomic E-state index is 11.9. The number of aliphatic hydroxyl groups is 1. The Labute approximate surface area is 122 Å². The molecule has 0 bridgehead atoms. The van der Waals surface area contributed by atoms with Crippen molar-refractivity contribution in [3.05, 3.63) is 0 Å². The van der Waals surface area contributed by atoms with Crippen molar-refractivity contribution in [3.63, 3.8) is 0 Å². The summed E-state index contributed by atoms with van der Waals surface area (Å²) in [5, 5.41) is 9.65. The molecule has 0 fully saturated rings. The van der Waals surface area contributed by atoms with Crippen molar-refractivity contribution in [2.45, 2.75) is 84.7 Å². The lowest BCUT2D eigenvalue weighted by molar-refractivity contribution is -0.165. The predicted octanol–water partition coefficient (Wildman–Crippen LogP) is 3.60. The smallest absolute Gasteiger partial charge is 0.319 e. The second-order valence-electron chi connectivity index (χ2n) is 5.45. The summed E-state index contributed by atoms with van der Waals surface area (Å²) in [7, 11) is 0. The van der Waals surface area contributed by atoms with Crippen LogP contribution in [0.2, 0.25) is 0 Å². The van der Waals surface area contributed by atoms with Gasteiger partial charge < -0.3 is 9.84 Å². The Balaban J connectivity index is 4.11. The van der Waals surface area contributed by atoms with Gasteiger partial charge in [-0.15, -0.1) is 0 Å². The molecule has 118 valence electrons. The van der Waals surface area contributed by atoms with Crippen molar-refractivity contribution >= 4 is 11.9 Å². The third kappa shape index (κ3) is 9.08. The van der Waals surface area contributed by atoms with E-state index in [-0.39, 0.29) is 6.42 Å². The summed E-state index contributed by atoms with van der Waals surface area (Å²) in [5.74, 6) is -1.62. The van der Waals surface area contributed by atoms with Gasteiger partial charge in [0.25, 0.3) is 0 Å². The van der Waals surface area contributed by atoms with Crippen molar-refractivity contribution < 1.29 is 19.4 Å². The van der Waals surface area contributed by atoms with E-state index < -0.39 is 24.0 Å². The highest BCUT2D eigenvalue weighted by Crippen LogP contribution is 2.17. The van der Waals surface area contributed by atoms with Crippen molar-refractivity contribution in [1.29, 1.82) is 0 Å². The van der Waals surface area contributed by atoms with Crippen molar-refractivity contribution in [3.8, 4) is 0 Å². The minimum atomic E-state index is -0.771. The fourth-order valence-electron chi connectivity index (χ4n) is 2.11. The van der Waals surface area contributed by atoms with Gasteiger partial charge in [-0.25, -0.2) is 0 Å². The van der Waals surface area contributed by atoms with Crippen LogP contribution >= 0.6 is 0 Å². The Kier molecular flexibility index (Phi) is 11.4. The fraction of sp³-hybridized carbons (Fsp3) is 0.875. The molecule has 0 aliphatic rings. The molecule has 0 radical (unpaired) electrons. The number of hydrogen-bond donors (Lipinski definition) is 1. The summed E-state index contributed by atoms with van der Waals surface area (Å²) in [5.41, 5.74) is 0. The van der Waals surface area contributed by atoms with Crippen LogP contribution in [0.15, 0.2) is 0 Å². The first-order valence-corrected chi connectivity index (χ1v) is 7.95. The maximum atomic E-state index is 11.9. The zero-order valence-electron chi connectivity index (χ0n) is 13.2. The van der Waals surface area contributed by atoms with Gasteiger partial charge in [0.1, 0.15) is 0 Å². The molecule has 0 rings (SSSR count). The summed E-state index contributed by atoms with van der Waals surface area (Å²) < 4.78 is 4.84. The molecule has 20 heavy (non-hydrogen) atoms. The first kappa shape index (κ1) is 19.1. The number of aliphatic hydroxyl groups excluding tert-OH is 1. The molecular formula is C16H30O4. The summed E-state index contributed by atoms with van der Waals surface area (Å²) in [4.78, 5) is 23.4. The number of unbranched alkanes of at least 4 members (excludes halogenated alkanes) is 5. The van der Waals surface area contributed by atoms with Crippen molar-refractivity contribution in [1.82, 2.24) is 0 Å². The van der Waals surface area contributed by atoms with Crippen LogP contribution in [0.5, 0.6) is 0 Å². The summed E-state index contributed by atoms with van der Waals surface area (Å²) in [6.07, 6.45) is 6.98. The van der Waals surface area contributed by atoms with E-state index in [1.54, 1.807) is 6.92 Å². The van der Waals surface area contributed by atoms with Crippen molar-refractivity contribution in [2.75, 3.05) is 0 Å². The Hall–Kier alpha value is -0.900. The van der Waals surface area contributed by atoms with Gasteiger partial charge in [-0.3, -0.25) is 9.59 Å². The quantitative estimate of drug-likeness (QED) is 0.358. The van der Waals surface area contributed by atoms with E-state index >= 15 is 0 Å². The first-order valence-electron chi connectivity index (χ1n) is 7.95. The number of carbonyl (C=O) groups is 2. The molecule has 4 nitrogen and oxygen atoms in total. The zero-order chi connectivity index (χ0) is 15.4. The van der Waals surface area contributed by atoms with Crippen LogP contribution in [0.4, 0.5) is 0 Å². The lowest BCUT2D eigenvalue weighted by atomic mass is 9.96. The van der Waals surface area contributed by atoms with E-state index in [2.05, 4.69) is 13.8 Å². The van der Waals surface area contributed by atoms with E-state index in [1.807, 2.05) is 0 Å². The largest absolute Gasteiger partial charge is 0.393 e. The molecule has 0 heterocycles. The monoisotopic (exact) mass is 286 g/mol. The molecule has 0 aromatic heterocycles. The number of hydrogen-bond acceptors (Lipinski definition) is 4. The van der Waals surface area contributed by atoms with Gasteiger partial charge in [-0.1, -0.05) is 52.4 Å². The molecule has 2 atom stereocenters. The van der Waals surface area contributed by atoms with Crippen LogP contribution in [-0.4, -0.2) is 23.1 Å². The molecule has 4 heteroatoms. The number of ether oxygens (including phenoxy) is 1. The second kappa shape index (κ2) is 11.9. The molecule has 0 aliphatic carbocycles. The average molecular weight is 286 g/mol. The molecular weight excluding hydrogens is 256 g/mol. The third-order valence-electron chi connectivity index (χ3n) is 3.45. The molecule has 0 aliphatic heterocycles. The van der Waals surface area contributed by atoms with E-state index in [9.17, 15) is 14.7 Å². The van der Waals surface area contributed by atoms with Gasteiger partial charge in [-0.2, -0.15) is 0 Å². The van der Waals surface area contributed by atoms with Gasteiger partial charge in [0.15, 0.2) is 0 Å². The number of carbonyl (C=O) groups excluding carboxylic acids is 2. The van der Waals surface area contributed by atoms with E-state index in [1.165, 1.54) is 0 Å². The lowest BCUT2D eigenvalue weighted by Gasteiger charge is -2.17. The van der Waals surface area contributed by atoms with Gasteiger partial charge in [-0.05, 0) is 19.8 Å². The van der Waals surface area contributed by atoms with Crippen LogP contribution in [0, 0.1) is 5.92 Å². The molecule has 2 unspecified atom stereocenters. The van der Waals surface area contributed by atoms with Crippen LogP contribution in [0.3, 0.4) is 0 Å². The van der Waals surface area contributed by atoms with Crippen LogP contribution < -0.4 is 0 Å². The summed E-state index contributed by atoms with van der Waals surface area (Å²) in [6, 6.07) is 0. The molecule has 0 saturated heterocycles. The summed E-state index contributed by atoms with van der Waals surface area (Å²) >= 11 is 0. The van der Waals surface area contributed by atoms with Crippen LogP contribution in [0.25, 0.3) is 0 Å². The minimum absolute atomic E-state index is 0.280. The van der Waals surface area contributed by atoms with E-state index in [4.69, 9.17) is 4.74 Å². The standard InChI is InChI=1S/C16H30O4/c1-4-6-8-10-11-14(13(3)17)16(19)20-15(18)12-9-7-5-2/h13-14,17H,4-12H2,1-3H3. The fourth-order valence-corrected chi connectivity index (χ4v) is 2.11. The molecule has 1 N–H and O–H groups in total. The highest BCUT2D eigenvalue weighted by Gasteiger charge is 2.26. The van der Waals surface area contributed by atoms with Gasteiger partial charge in [0, 0.05) is 6.42 Å². The summed E-state index contributed by atoms with van der Waals surface area (Å²) in [6.45, 7) is 5.75. The van der Waals surface area contributed by atoms with E-state index in [0.29, 0.717) is 6.42 Å². The molecule has 0 aromatic carbocycles. The van der Waals surface area contributed by atoms with Crippen molar-refractivity contribution in [2.24, 2.45) is 5.92 Å². The topological polar surface area (TPSA) is 63.6 Å². The average Bonchev–Trinajstić information content (AvgIpc) is 2.38. The van der Waals surface area contributed by atoms with Crippen LogP contribution in [-0.2, 0) is 14.3 Å². The second-order valence-corrected chi connectivity index (χ2v) is 5.45. The molecule has 0 amide bonds. The first-order chi connectivity index (χ1) is 9.52. The minimum Gasteiger partial charge on any atom is -0.393 e. The Morgan fingerprint density at radius 2 is 1.60 bits per heavy atom. The Bertz CT molecular complexity index is 274. The van der Waals surface area contributed by atoms with E-state index in [0.717, 1.165) is 44.9 Å². The number of rotatable bonds is 11. The van der Waals surface area contributed by atoms with Gasteiger partial charge >= 0.3 is 11.9 Å². The SMILES string of the molecule is CCCCCCC(C(=O)OC(=O)CCCCC)C(C)O. The van der Waals surface area contributed by atoms with Gasteiger partial charge in [0.05, 0.1) is 12.0 Å². The highest BCUT2D eigenvalue weighted by molar-refractivity contribution is 5.86. The predicted molar refractivity (Wildman–Crippen MR) is 79.2 cm³/mol. The normalized spacial score (nSPS) is 13.8. The maximum Gasteiger partial charge on any atom is 0.319 e. The zero-order valence-corrected chi connectivity index (χ0v) is 13.2. The molecule has 0 spiro atoms. The lowest BCUT2D eigenvalue weighted by Crippen LogP contribution is -2.29. The number of esters is 2. The highest BCUT2D eigenvalue weighted by atomic mass is 16.6. The Morgan fingerprint density at radius 3 is 2.15 bits per heavy atom. The molecule has 0 saturated carbocycles. The molecule has 0 aromatic rings. The third-order valence-corrected chi connectivity index (χ3v) is 3.45. The van der Waals surface area contributed by atoms with Gasteiger partial charge in [0.2, 0.25) is 0 Å². The Morgan fingerprint density at radius 1 is 1.00 bits per heavy atom.